The zero-order chi connectivity index (χ0) is 16.0. The van der Waals surface area contributed by atoms with Crippen molar-refractivity contribution in [2.75, 3.05) is 26.2 Å². The number of thiazole rings is 1. The third-order valence-corrected chi connectivity index (χ3v) is 5.82. The summed E-state index contributed by atoms with van der Waals surface area (Å²) in [7, 11) is 0. The molecule has 2 aliphatic rings. The molecule has 0 bridgehead atoms. The minimum absolute atomic E-state index is 0.107. The van der Waals surface area contributed by atoms with Crippen LogP contribution in [0.1, 0.15) is 33.2 Å². The summed E-state index contributed by atoms with van der Waals surface area (Å²) in [6.07, 6.45) is 2.76. The molecular formula is C17H21N3O2S. The van der Waals surface area contributed by atoms with E-state index in [9.17, 15) is 4.79 Å². The Morgan fingerprint density at radius 2 is 2.22 bits per heavy atom. The van der Waals surface area contributed by atoms with Gasteiger partial charge in [-0.3, -0.25) is 9.69 Å². The van der Waals surface area contributed by atoms with Gasteiger partial charge in [-0.2, -0.15) is 0 Å². The quantitative estimate of drug-likeness (QED) is 0.868. The molecular weight excluding hydrogens is 310 g/mol. The van der Waals surface area contributed by atoms with Gasteiger partial charge in [0.05, 0.1) is 22.5 Å². The van der Waals surface area contributed by atoms with Crippen LogP contribution in [0.2, 0.25) is 0 Å². The summed E-state index contributed by atoms with van der Waals surface area (Å²) >= 11 is 1.71. The third-order valence-electron chi connectivity index (χ3n) is 5.00. The van der Waals surface area contributed by atoms with Gasteiger partial charge in [-0.05, 0) is 32.9 Å². The highest BCUT2D eigenvalue weighted by Crippen LogP contribution is 2.40. The average molecular weight is 331 g/mol. The van der Waals surface area contributed by atoms with Gasteiger partial charge in [0.15, 0.2) is 0 Å². The second-order valence-electron chi connectivity index (χ2n) is 6.87. The van der Waals surface area contributed by atoms with E-state index in [2.05, 4.69) is 15.3 Å². The Morgan fingerprint density at radius 3 is 2.87 bits per heavy atom. The van der Waals surface area contributed by atoms with Gasteiger partial charge in [-0.25, -0.2) is 4.98 Å². The molecule has 0 unspecified atom stereocenters. The molecule has 2 aromatic heterocycles. The lowest BCUT2D eigenvalue weighted by Crippen LogP contribution is -2.59. The van der Waals surface area contributed by atoms with Crippen LogP contribution in [0.3, 0.4) is 0 Å². The number of hydrogen-bond donors (Lipinski definition) is 0. The molecule has 1 amide bonds. The maximum absolute atomic E-state index is 12.5. The molecule has 2 fully saturated rings. The molecule has 4 heterocycles. The minimum atomic E-state index is 0.107. The zero-order valence-electron chi connectivity index (χ0n) is 13.5. The lowest BCUT2D eigenvalue weighted by atomic mass is 9.78. The van der Waals surface area contributed by atoms with Gasteiger partial charge in [0.1, 0.15) is 5.76 Å². The van der Waals surface area contributed by atoms with E-state index in [0.29, 0.717) is 16.7 Å². The fourth-order valence-corrected chi connectivity index (χ4v) is 4.42. The summed E-state index contributed by atoms with van der Waals surface area (Å²) in [6, 6.07) is 1.77. The summed E-state index contributed by atoms with van der Waals surface area (Å²) in [5, 5.41) is 3.28. The Labute approximate surface area is 139 Å². The number of carbonyl (C=O) groups excluding carboxylic acids is 1. The highest BCUT2D eigenvalue weighted by molar-refractivity contribution is 7.09. The first-order chi connectivity index (χ1) is 11.0. The number of amides is 1. The van der Waals surface area contributed by atoms with Crippen molar-refractivity contribution in [3.63, 3.8) is 0 Å². The SMILES string of the molecule is Cc1nc(CN2CCC3(C2)CN(C(=O)c2ccoc2C)C3)cs1. The van der Waals surface area contributed by atoms with Crippen LogP contribution < -0.4 is 0 Å². The van der Waals surface area contributed by atoms with Gasteiger partial charge in [0.2, 0.25) is 0 Å². The Bertz CT molecular complexity index is 730. The van der Waals surface area contributed by atoms with Crippen molar-refractivity contribution in [3.05, 3.63) is 39.7 Å². The normalized spacial score (nSPS) is 20.2. The first-order valence-corrected chi connectivity index (χ1v) is 8.89. The number of furan rings is 1. The second-order valence-corrected chi connectivity index (χ2v) is 7.93. The smallest absolute Gasteiger partial charge is 0.257 e. The van der Waals surface area contributed by atoms with E-state index in [1.54, 1.807) is 23.7 Å². The molecule has 4 rings (SSSR count). The number of hydrogen-bond acceptors (Lipinski definition) is 5. The first-order valence-electron chi connectivity index (χ1n) is 8.01. The monoisotopic (exact) mass is 331 g/mol. The van der Waals surface area contributed by atoms with E-state index in [-0.39, 0.29) is 5.91 Å². The van der Waals surface area contributed by atoms with E-state index in [1.807, 2.05) is 18.7 Å². The van der Waals surface area contributed by atoms with Crippen LogP contribution in [-0.2, 0) is 6.54 Å². The van der Waals surface area contributed by atoms with Gasteiger partial charge in [-0.1, -0.05) is 0 Å². The fraction of sp³-hybridized carbons (Fsp3) is 0.529. The molecule has 0 saturated carbocycles. The standard InChI is InChI=1S/C17H21N3O2S/c1-12-15(3-6-22-12)16(21)20-10-17(11-20)4-5-19(9-17)7-14-8-23-13(2)18-14/h3,6,8H,4-5,7,9-11H2,1-2H3. The Hall–Kier alpha value is -1.66. The maximum Gasteiger partial charge on any atom is 0.257 e. The van der Waals surface area contributed by atoms with E-state index in [4.69, 9.17) is 4.42 Å². The number of aryl methyl sites for hydroxylation is 2. The summed E-state index contributed by atoms with van der Waals surface area (Å²) in [5.74, 6) is 0.818. The molecule has 2 saturated heterocycles. The number of aromatic nitrogens is 1. The van der Waals surface area contributed by atoms with E-state index in [1.165, 1.54) is 12.1 Å². The Kier molecular flexibility index (Phi) is 3.54. The van der Waals surface area contributed by atoms with Crippen molar-refractivity contribution in [2.45, 2.75) is 26.8 Å². The number of likely N-dealkylation sites (tertiary alicyclic amines) is 2. The molecule has 2 aliphatic heterocycles. The van der Waals surface area contributed by atoms with Gasteiger partial charge in [0.25, 0.3) is 5.91 Å². The largest absolute Gasteiger partial charge is 0.469 e. The highest BCUT2D eigenvalue weighted by atomic mass is 32.1. The van der Waals surface area contributed by atoms with Crippen molar-refractivity contribution in [3.8, 4) is 0 Å². The molecule has 1 spiro atoms. The van der Waals surface area contributed by atoms with Crippen LogP contribution in [0.15, 0.2) is 22.1 Å². The molecule has 0 aromatic carbocycles. The summed E-state index contributed by atoms with van der Waals surface area (Å²) in [5.41, 5.74) is 2.16. The van der Waals surface area contributed by atoms with Crippen molar-refractivity contribution >= 4 is 17.2 Å². The van der Waals surface area contributed by atoms with Gasteiger partial charge in [0, 0.05) is 37.0 Å². The van der Waals surface area contributed by atoms with E-state index >= 15 is 0 Å². The predicted octanol–water partition coefficient (Wildman–Crippen LogP) is 2.70. The van der Waals surface area contributed by atoms with Crippen molar-refractivity contribution in [1.29, 1.82) is 0 Å². The molecule has 5 nitrogen and oxygen atoms in total. The molecule has 2 aromatic rings. The summed E-state index contributed by atoms with van der Waals surface area (Å²) in [4.78, 5) is 21.4. The lowest BCUT2D eigenvalue weighted by molar-refractivity contribution is 0.0102. The summed E-state index contributed by atoms with van der Waals surface area (Å²) in [6.45, 7) is 8.72. The molecule has 122 valence electrons. The van der Waals surface area contributed by atoms with Crippen molar-refractivity contribution < 1.29 is 9.21 Å². The van der Waals surface area contributed by atoms with Crippen molar-refractivity contribution in [1.82, 2.24) is 14.8 Å². The second kappa shape index (κ2) is 5.46. The zero-order valence-corrected chi connectivity index (χ0v) is 14.4. The van der Waals surface area contributed by atoms with Gasteiger partial charge >= 0.3 is 0 Å². The molecule has 6 heteroatoms. The fourth-order valence-electron chi connectivity index (χ4n) is 3.82. The molecule has 23 heavy (non-hydrogen) atoms. The Morgan fingerprint density at radius 1 is 1.39 bits per heavy atom. The van der Waals surface area contributed by atoms with Crippen LogP contribution >= 0.6 is 11.3 Å². The minimum Gasteiger partial charge on any atom is -0.469 e. The molecule has 0 atom stereocenters. The first kappa shape index (κ1) is 14.9. The van der Waals surface area contributed by atoms with Crippen LogP contribution in [0.5, 0.6) is 0 Å². The number of nitrogens with zero attached hydrogens (tertiary/aromatic N) is 3. The highest BCUT2D eigenvalue weighted by Gasteiger charge is 2.49. The van der Waals surface area contributed by atoms with Crippen LogP contribution in [-0.4, -0.2) is 46.9 Å². The molecule has 0 radical (unpaired) electrons. The summed E-state index contributed by atoms with van der Waals surface area (Å²) < 4.78 is 5.25. The topological polar surface area (TPSA) is 49.6 Å². The number of rotatable bonds is 3. The maximum atomic E-state index is 12.5. The van der Waals surface area contributed by atoms with Crippen LogP contribution in [0.4, 0.5) is 0 Å². The van der Waals surface area contributed by atoms with E-state index < -0.39 is 0 Å². The van der Waals surface area contributed by atoms with Gasteiger partial charge in [-0.15, -0.1) is 11.3 Å². The third kappa shape index (κ3) is 2.70. The predicted molar refractivity (Wildman–Crippen MR) is 88.5 cm³/mol. The molecule has 0 aliphatic carbocycles. The van der Waals surface area contributed by atoms with E-state index in [0.717, 1.165) is 37.7 Å². The number of carbonyl (C=O) groups is 1. The lowest BCUT2D eigenvalue weighted by Gasteiger charge is -2.48. The van der Waals surface area contributed by atoms with Crippen LogP contribution in [0, 0.1) is 19.3 Å². The molecule has 0 N–H and O–H groups in total. The van der Waals surface area contributed by atoms with Gasteiger partial charge < -0.3 is 9.32 Å². The Balaban J connectivity index is 1.34. The van der Waals surface area contributed by atoms with Crippen molar-refractivity contribution in [2.24, 2.45) is 5.41 Å². The average Bonchev–Trinajstić information content (AvgIpc) is 3.18. The van der Waals surface area contributed by atoms with Crippen LogP contribution in [0.25, 0.3) is 0 Å².